The van der Waals surface area contributed by atoms with Crippen molar-refractivity contribution in [3.05, 3.63) is 65.0 Å². The molecule has 2 heterocycles. The highest BCUT2D eigenvalue weighted by molar-refractivity contribution is 7.99. The molecule has 0 fully saturated rings. The second-order valence-electron chi connectivity index (χ2n) is 6.78. The quantitative estimate of drug-likeness (QED) is 0.497. The molecule has 4 rings (SSSR count). The highest BCUT2D eigenvalue weighted by Crippen LogP contribution is 2.23. The summed E-state index contributed by atoms with van der Waals surface area (Å²) in [4.78, 5) is 25.4. The molecular weight excluding hydrogens is 386 g/mol. The maximum absolute atomic E-state index is 13.2. The number of rotatable bonds is 6. The second-order valence-corrected chi connectivity index (χ2v) is 7.72. The fraction of sp³-hybridized carbons (Fsp3) is 0.238. The molecule has 0 saturated heterocycles. The Bertz CT molecular complexity index is 1230. The third-order valence-corrected chi connectivity index (χ3v) is 5.69. The minimum atomic E-state index is -0.155. The Hall–Kier alpha value is -3.13. The summed E-state index contributed by atoms with van der Waals surface area (Å²) in [5, 5.41) is 12.6. The second kappa shape index (κ2) is 8.08. The van der Waals surface area contributed by atoms with Gasteiger partial charge < -0.3 is 5.32 Å². The van der Waals surface area contributed by atoms with Gasteiger partial charge in [-0.15, -0.1) is 10.2 Å². The van der Waals surface area contributed by atoms with Crippen LogP contribution in [0.5, 0.6) is 0 Å². The smallest absolute Gasteiger partial charge is 0.267 e. The maximum Gasteiger partial charge on any atom is 0.267 e. The van der Waals surface area contributed by atoms with Crippen LogP contribution in [0.4, 0.5) is 0 Å². The molecule has 0 unspecified atom stereocenters. The van der Waals surface area contributed by atoms with Crippen LogP contribution in [0.3, 0.4) is 0 Å². The molecule has 0 spiro atoms. The van der Waals surface area contributed by atoms with Crippen molar-refractivity contribution >= 4 is 34.3 Å². The number of thioether (sulfide) groups is 1. The van der Waals surface area contributed by atoms with E-state index in [0.717, 1.165) is 11.9 Å². The van der Waals surface area contributed by atoms with E-state index in [4.69, 9.17) is 0 Å². The number of amides is 1. The van der Waals surface area contributed by atoms with Crippen LogP contribution >= 0.6 is 11.8 Å². The van der Waals surface area contributed by atoms with Crippen molar-refractivity contribution in [2.45, 2.75) is 31.5 Å². The van der Waals surface area contributed by atoms with E-state index in [-0.39, 0.29) is 23.3 Å². The number of aromatic nitrogens is 4. The highest BCUT2D eigenvalue weighted by Gasteiger charge is 2.18. The Labute approximate surface area is 171 Å². The zero-order valence-electron chi connectivity index (χ0n) is 16.2. The van der Waals surface area contributed by atoms with Gasteiger partial charge in [-0.25, -0.2) is 4.57 Å². The Morgan fingerprint density at radius 1 is 1.10 bits per heavy atom. The van der Waals surface area contributed by atoms with Crippen LogP contribution in [0, 0.1) is 0 Å². The van der Waals surface area contributed by atoms with Crippen LogP contribution in [-0.4, -0.2) is 36.9 Å². The third-order valence-electron chi connectivity index (χ3n) is 4.76. The third kappa shape index (κ3) is 3.63. The molecule has 0 saturated carbocycles. The van der Waals surface area contributed by atoms with E-state index in [9.17, 15) is 9.59 Å². The average molecular weight is 407 g/mol. The molecule has 4 aromatic rings. The van der Waals surface area contributed by atoms with E-state index >= 15 is 0 Å². The Balaban J connectivity index is 1.84. The van der Waals surface area contributed by atoms with Crippen LogP contribution in [0.1, 0.15) is 20.3 Å². The molecule has 8 heteroatoms. The molecule has 0 bridgehead atoms. The molecule has 1 N–H and O–H groups in total. The van der Waals surface area contributed by atoms with Crippen LogP contribution < -0.4 is 10.9 Å². The molecule has 2 aromatic heterocycles. The maximum atomic E-state index is 13.2. The standard InChI is InChI=1S/C21H21N5O2S/c1-3-14(2)22-18(27)13-29-21-24-23-20-25(15-9-5-4-6-10-15)19(28)16-11-7-8-12-17(16)26(20)21/h4-12,14H,3,13H2,1-2H3,(H,22,27)/t14-/m0/s1. The molecule has 0 aliphatic carbocycles. The predicted molar refractivity (Wildman–Crippen MR) is 115 cm³/mol. The molecule has 7 nitrogen and oxygen atoms in total. The van der Waals surface area contributed by atoms with E-state index in [1.54, 1.807) is 10.6 Å². The molecule has 0 aliphatic rings. The van der Waals surface area contributed by atoms with Crippen LogP contribution in [0.2, 0.25) is 0 Å². The lowest BCUT2D eigenvalue weighted by Gasteiger charge is -2.12. The summed E-state index contributed by atoms with van der Waals surface area (Å²) in [6.07, 6.45) is 0.873. The van der Waals surface area contributed by atoms with Gasteiger partial charge in [-0.2, -0.15) is 0 Å². The van der Waals surface area contributed by atoms with E-state index in [1.165, 1.54) is 11.8 Å². The van der Waals surface area contributed by atoms with E-state index in [2.05, 4.69) is 15.5 Å². The van der Waals surface area contributed by atoms with Gasteiger partial charge in [0.15, 0.2) is 5.16 Å². The SMILES string of the molecule is CC[C@H](C)NC(=O)CSc1nnc2n(-c3ccccc3)c(=O)c3ccccc3n12. The van der Waals surface area contributed by atoms with Crippen LogP contribution in [-0.2, 0) is 4.79 Å². The van der Waals surface area contributed by atoms with Crippen molar-refractivity contribution < 1.29 is 4.79 Å². The monoisotopic (exact) mass is 407 g/mol. The number of hydrogen-bond acceptors (Lipinski definition) is 5. The van der Waals surface area contributed by atoms with Gasteiger partial charge in [0.05, 0.1) is 22.3 Å². The summed E-state index contributed by atoms with van der Waals surface area (Å²) in [5.41, 5.74) is 1.28. The fourth-order valence-corrected chi connectivity index (χ4v) is 3.88. The van der Waals surface area contributed by atoms with Crippen molar-refractivity contribution in [2.75, 3.05) is 5.75 Å². The van der Waals surface area contributed by atoms with Crippen molar-refractivity contribution in [1.29, 1.82) is 0 Å². The van der Waals surface area contributed by atoms with Crippen molar-refractivity contribution in [2.24, 2.45) is 0 Å². The minimum Gasteiger partial charge on any atom is -0.353 e. The molecule has 1 amide bonds. The molecule has 29 heavy (non-hydrogen) atoms. The van der Waals surface area contributed by atoms with Crippen LogP contribution in [0.15, 0.2) is 64.5 Å². The Kier molecular flexibility index (Phi) is 5.35. The first kappa shape index (κ1) is 19.2. The van der Waals surface area contributed by atoms with E-state index in [1.807, 2.05) is 66.8 Å². The Morgan fingerprint density at radius 3 is 2.59 bits per heavy atom. The molecule has 0 radical (unpaired) electrons. The van der Waals surface area contributed by atoms with E-state index < -0.39 is 0 Å². The van der Waals surface area contributed by atoms with Gasteiger partial charge in [0, 0.05) is 6.04 Å². The topological polar surface area (TPSA) is 81.3 Å². The lowest BCUT2D eigenvalue weighted by atomic mass is 10.2. The van der Waals surface area contributed by atoms with Crippen molar-refractivity contribution in [3.8, 4) is 5.69 Å². The lowest BCUT2D eigenvalue weighted by molar-refractivity contribution is -0.119. The zero-order valence-corrected chi connectivity index (χ0v) is 17.0. The number of fused-ring (bicyclic) bond motifs is 3. The minimum absolute atomic E-state index is 0.0539. The first-order chi connectivity index (χ1) is 14.1. The van der Waals surface area contributed by atoms with Crippen molar-refractivity contribution in [3.63, 3.8) is 0 Å². The largest absolute Gasteiger partial charge is 0.353 e. The van der Waals surface area contributed by atoms with Gasteiger partial charge in [-0.3, -0.25) is 14.0 Å². The van der Waals surface area contributed by atoms with Gasteiger partial charge in [0.25, 0.3) is 5.56 Å². The van der Waals surface area contributed by atoms with Gasteiger partial charge in [0.1, 0.15) is 0 Å². The van der Waals surface area contributed by atoms with Gasteiger partial charge in [0.2, 0.25) is 11.7 Å². The Morgan fingerprint density at radius 2 is 1.83 bits per heavy atom. The summed E-state index contributed by atoms with van der Waals surface area (Å²) < 4.78 is 3.39. The average Bonchev–Trinajstić information content (AvgIpc) is 3.17. The summed E-state index contributed by atoms with van der Waals surface area (Å²) in [7, 11) is 0. The summed E-state index contributed by atoms with van der Waals surface area (Å²) in [6.45, 7) is 4.00. The number of nitrogens with one attached hydrogen (secondary N) is 1. The van der Waals surface area contributed by atoms with Crippen LogP contribution in [0.25, 0.3) is 22.4 Å². The van der Waals surface area contributed by atoms with Crippen molar-refractivity contribution in [1.82, 2.24) is 24.5 Å². The van der Waals surface area contributed by atoms with Gasteiger partial charge >= 0.3 is 0 Å². The summed E-state index contributed by atoms with van der Waals surface area (Å²) in [6, 6.07) is 16.9. The summed E-state index contributed by atoms with van der Waals surface area (Å²) >= 11 is 1.30. The number of carbonyl (C=O) groups excluding carboxylic acids is 1. The normalized spacial score (nSPS) is 12.3. The molecular formula is C21H21N5O2S. The molecule has 1 atom stereocenters. The molecule has 148 valence electrons. The first-order valence-electron chi connectivity index (χ1n) is 9.46. The zero-order chi connectivity index (χ0) is 20.4. The lowest BCUT2D eigenvalue weighted by Crippen LogP contribution is -2.33. The molecule has 2 aromatic carbocycles. The number of benzene rings is 2. The fourth-order valence-electron chi connectivity index (χ4n) is 3.13. The number of para-hydroxylation sites is 2. The van der Waals surface area contributed by atoms with Gasteiger partial charge in [-0.05, 0) is 37.6 Å². The van der Waals surface area contributed by atoms with E-state index in [0.29, 0.717) is 22.0 Å². The van der Waals surface area contributed by atoms with Gasteiger partial charge in [-0.1, -0.05) is 49.0 Å². The number of carbonyl (C=O) groups is 1. The molecule has 0 aliphatic heterocycles. The predicted octanol–water partition coefficient (Wildman–Crippen LogP) is 3.04. The first-order valence-corrected chi connectivity index (χ1v) is 10.4. The highest BCUT2D eigenvalue weighted by atomic mass is 32.2. The number of nitrogens with zero attached hydrogens (tertiary/aromatic N) is 4. The summed E-state index contributed by atoms with van der Waals surface area (Å²) in [5.74, 6) is 0.593. The number of hydrogen-bond donors (Lipinski definition) is 1.